The molecule has 1 saturated heterocycles. The van der Waals surface area contributed by atoms with Crippen molar-refractivity contribution in [3.8, 4) is 0 Å². The van der Waals surface area contributed by atoms with E-state index in [-0.39, 0.29) is 0 Å². The van der Waals surface area contributed by atoms with Gasteiger partial charge in [-0.05, 0) is 13.8 Å². The monoisotopic (exact) mass is 173 g/mol. The summed E-state index contributed by atoms with van der Waals surface area (Å²) >= 11 is 0. The summed E-state index contributed by atoms with van der Waals surface area (Å²) in [5.74, 6) is 0. The van der Waals surface area contributed by atoms with E-state index in [1.54, 1.807) is 0 Å². The summed E-state index contributed by atoms with van der Waals surface area (Å²) < 4.78 is 10.7. The van der Waals surface area contributed by atoms with E-state index in [1.165, 1.54) is 0 Å². The topological polar surface area (TPSA) is 21.7 Å². The third-order valence-corrected chi connectivity index (χ3v) is 2.07. The molecule has 1 atom stereocenters. The lowest BCUT2D eigenvalue weighted by atomic mass is 10.3. The van der Waals surface area contributed by atoms with Crippen molar-refractivity contribution >= 4 is 0 Å². The second-order valence-corrected chi connectivity index (χ2v) is 3.18. The molecular weight excluding hydrogens is 154 g/mol. The molecule has 12 heavy (non-hydrogen) atoms. The van der Waals surface area contributed by atoms with Crippen LogP contribution in [-0.2, 0) is 9.47 Å². The first-order valence-corrected chi connectivity index (χ1v) is 4.74. The van der Waals surface area contributed by atoms with Crippen molar-refractivity contribution in [2.75, 3.05) is 39.5 Å². The Morgan fingerprint density at radius 1 is 1.42 bits per heavy atom. The van der Waals surface area contributed by atoms with E-state index in [4.69, 9.17) is 9.47 Å². The minimum absolute atomic E-state index is 0.355. The Morgan fingerprint density at radius 2 is 2.08 bits per heavy atom. The van der Waals surface area contributed by atoms with Gasteiger partial charge in [-0.1, -0.05) is 0 Å². The zero-order valence-corrected chi connectivity index (χ0v) is 8.08. The van der Waals surface area contributed by atoms with Gasteiger partial charge in [0.05, 0.1) is 19.3 Å². The first kappa shape index (κ1) is 9.96. The molecule has 3 heteroatoms. The van der Waals surface area contributed by atoms with E-state index < -0.39 is 0 Å². The fourth-order valence-corrected chi connectivity index (χ4v) is 1.48. The lowest BCUT2D eigenvalue weighted by Crippen LogP contribution is -2.40. The number of hydrogen-bond acceptors (Lipinski definition) is 3. The van der Waals surface area contributed by atoms with Crippen LogP contribution in [0.4, 0.5) is 0 Å². The van der Waals surface area contributed by atoms with Crippen LogP contribution < -0.4 is 0 Å². The summed E-state index contributed by atoms with van der Waals surface area (Å²) in [6, 6.07) is 0. The first-order valence-electron chi connectivity index (χ1n) is 4.74. The van der Waals surface area contributed by atoms with Crippen molar-refractivity contribution in [1.29, 1.82) is 0 Å². The molecule has 1 aliphatic rings. The van der Waals surface area contributed by atoms with Crippen molar-refractivity contribution in [2.24, 2.45) is 0 Å². The van der Waals surface area contributed by atoms with Gasteiger partial charge in [0, 0.05) is 26.2 Å². The molecule has 0 aromatic carbocycles. The summed E-state index contributed by atoms with van der Waals surface area (Å²) in [5.41, 5.74) is 0. The molecule has 1 aliphatic heterocycles. The predicted octanol–water partition coefficient (Wildman–Crippen LogP) is 0.744. The number of hydrogen-bond donors (Lipinski definition) is 0. The highest BCUT2D eigenvalue weighted by Gasteiger charge is 2.12. The number of nitrogens with zero attached hydrogens (tertiary/aromatic N) is 1. The molecule has 1 rings (SSSR count). The summed E-state index contributed by atoms with van der Waals surface area (Å²) in [6.45, 7) is 9.87. The van der Waals surface area contributed by atoms with Gasteiger partial charge in [0.25, 0.3) is 0 Å². The van der Waals surface area contributed by atoms with Crippen LogP contribution in [-0.4, -0.2) is 50.5 Å². The number of morpholine rings is 1. The molecular formula is C9H19NO2. The molecule has 72 valence electrons. The quantitative estimate of drug-likeness (QED) is 0.626. The van der Waals surface area contributed by atoms with Gasteiger partial charge in [-0.15, -0.1) is 0 Å². The Labute approximate surface area is 74.6 Å². The van der Waals surface area contributed by atoms with Crippen molar-refractivity contribution in [2.45, 2.75) is 20.0 Å². The Balaban J connectivity index is 2.11. The van der Waals surface area contributed by atoms with Crippen LogP contribution in [0.25, 0.3) is 0 Å². The average molecular weight is 173 g/mol. The van der Waals surface area contributed by atoms with Crippen molar-refractivity contribution in [1.82, 2.24) is 4.90 Å². The van der Waals surface area contributed by atoms with Crippen LogP contribution in [0.1, 0.15) is 13.8 Å². The Morgan fingerprint density at radius 3 is 2.67 bits per heavy atom. The summed E-state index contributed by atoms with van der Waals surface area (Å²) in [6.07, 6.45) is 0.355. The average Bonchev–Trinajstić information content (AvgIpc) is 2.06. The van der Waals surface area contributed by atoms with Crippen molar-refractivity contribution < 1.29 is 9.47 Å². The van der Waals surface area contributed by atoms with E-state index in [1.807, 2.05) is 6.92 Å². The molecule has 0 saturated carbocycles. The van der Waals surface area contributed by atoms with E-state index >= 15 is 0 Å². The molecule has 0 N–H and O–H groups in total. The van der Waals surface area contributed by atoms with Crippen LogP contribution in [0.3, 0.4) is 0 Å². The standard InChI is InChI=1S/C9H19NO2/c1-3-12-9(2)8-10-4-6-11-7-5-10/h9H,3-8H2,1-2H3. The lowest BCUT2D eigenvalue weighted by molar-refractivity contribution is -0.00246. The highest BCUT2D eigenvalue weighted by molar-refractivity contribution is 4.65. The molecule has 1 unspecified atom stereocenters. The molecule has 0 aromatic heterocycles. The summed E-state index contributed by atoms with van der Waals surface area (Å²) in [4.78, 5) is 2.39. The maximum absolute atomic E-state index is 5.46. The zero-order valence-electron chi connectivity index (χ0n) is 8.08. The highest BCUT2D eigenvalue weighted by Crippen LogP contribution is 2.00. The SMILES string of the molecule is CCOC(C)CN1CCOCC1. The van der Waals surface area contributed by atoms with Gasteiger partial charge in [0.15, 0.2) is 0 Å². The molecule has 1 fully saturated rings. The van der Waals surface area contributed by atoms with Crippen LogP contribution in [0.15, 0.2) is 0 Å². The van der Waals surface area contributed by atoms with E-state index in [0.717, 1.165) is 39.5 Å². The zero-order chi connectivity index (χ0) is 8.81. The predicted molar refractivity (Wildman–Crippen MR) is 48.3 cm³/mol. The Kier molecular flexibility index (Phi) is 4.58. The van der Waals surface area contributed by atoms with Crippen molar-refractivity contribution in [3.63, 3.8) is 0 Å². The first-order chi connectivity index (χ1) is 5.83. The van der Waals surface area contributed by atoms with E-state index in [2.05, 4.69) is 11.8 Å². The van der Waals surface area contributed by atoms with Crippen LogP contribution in [0, 0.1) is 0 Å². The third-order valence-electron chi connectivity index (χ3n) is 2.07. The van der Waals surface area contributed by atoms with Gasteiger partial charge in [0.1, 0.15) is 0 Å². The maximum atomic E-state index is 5.46. The number of ether oxygens (including phenoxy) is 2. The van der Waals surface area contributed by atoms with Gasteiger partial charge in [0.2, 0.25) is 0 Å². The van der Waals surface area contributed by atoms with Gasteiger partial charge < -0.3 is 9.47 Å². The Bertz CT molecular complexity index is 113. The molecule has 0 amide bonds. The smallest absolute Gasteiger partial charge is 0.0673 e. The molecule has 3 nitrogen and oxygen atoms in total. The van der Waals surface area contributed by atoms with E-state index in [0.29, 0.717) is 6.10 Å². The fraction of sp³-hybridized carbons (Fsp3) is 1.00. The van der Waals surface area contributed by atoms with Crippen LogP contribution in [0.5, 0.6) is 0 Å². The van der Waals surface area contributed by atoms with Gasteiger partial charge in [-0.2, -0.15) is 0 Å². The fourth-order valence-electron chi connectivity index (χ4n) is 1.48. The van der Waals surface area contributed by atoms with E-state index in [9.17, 15) is 0 Å². The van der Waals surface area contributed by atoms with Crippen LogP contribution >= 0.6 is 0 Å². The molecule has 0 spiro atoms. The third kappa shape index (κ3) is 3.52. The minimum Gasteiger partial charge on any atom is -0.379 e. The second kappa shape index (κ2) is 5.51. The minimum atomic E-state index is 0.355. The van der Waals surface area contributed by atoms with Gasteiger partial charge in [-0.3, -0.25) is 4.90 Å². The summed E-state index contributed by atoms with van der Waals surface area (Å²) in [5, 5.41) is 0. The normalized spacial score (nSPS) is 22.5. The Hall–Kier alpha value is -0.120. The largest absolute Gasteiger partial charge is 0.379 e. The number of rotatable bonds is 4. The van der Waals surface area contributed by atoms with Gasteiger partial charge in [-0.25, -0.2) is 0 Å². The second-order valence-electron chi connectivity index (χ2n) is 3.18. The molecule has 1 heterocycles. The maximum Gasteiger partial charge on any atom is 0.0673 e. The highest BCUT2D eigenvalue weighted by atomic mass is 16.5. The lowest BCUT2D eigenvalue weighted by Gasteiger charge is -2.28. The van der Waals surface area contributed by atoms with Gasteiger partial charge >= 0.3 is 0 Å². The molecule has 0 bridgehead atoms. The summed E-state index contributed by atoms with van der Waals surface area (Å²) in [7, 11) is 0. The molecule has 0 aromatic rings. The molecule has 0 aliphatic carbocycles. The van der Waals surface area contributed by atoms with Crippen LogP contribution in [0.2, 0.25) is 0 Å². The van der Waals surface area contributed by atoms with Crippen molar-refractivity contribution in [3.05, 3.63) is 0 Å². The molecule has 0 radical (unpaired) electrons.